The van der Waals surface area contributed by atoms with E-state index >= 15 is 0 Å². The topological polar surface area (TPSA) is 49.8 Å². The van der Waals surface area contributed by atoms with Crippen molar-refractivity contribution in [3.8, 4) is 6.07 Å². The van der Waals surface area contributed by atoms with Crippen molar-refractivity contribution in [2.24, 2.45) is 5.73 Å². The van der Waals surface area contributed by atoms with Crippen LogP contribution in [0.3, 0.4) is 0 Å². The van der Waals surface area contributed by atoms with Crippen LogP contribution < -0.4 is 5.73 Å². The summed E-state index contributed by atoms with van der Waals surface area (Å²) in [5, 5.41) is 8.77. The Morgan fingerprint density at radius 2 is 2.31 bits per heavy atom. The minimum absolute atomic E-state index is 0.176. The van der Waals surface area contributed by atoms with Gasteiger partial charge in [0.2, 0.25) is 0 Å². The summed E-state index contributed by atoms with van der Waals surface area (Å²) in [5.74, 6) is 0. The molecule has 0 aliphatic heterocycles. The number of nitrogens with two attached hydrogens (primary N) is 1. The molecule has 2 nitrogen and oxygen atoms in total. The molecule has 66 valence electrons. The third kappa shape index (κ3) is 1.45. The molecule has 0 fully saturated rings. The zero-order chi connectivity index (χ0) is 9.42. The van der Waals surface area contributed by atoms with Gasteiger partial charge in [-0.25, -0.2) is 0 Å². The van der Waals surface area contributed by atoms with Gasteiger partial charge in [0, 0.05) is 9.61 Å². The first-order valence-corrected chi connectivity index (χ1v) is 5.28. The number of hydrogen-bond donors (Lipinski definition) is 1. The molecule has 0 amide bonds. The van der Waals surface area contributed by atoms with Crippen molar-refractivity contribution in [2.45, 2.75) is 18.9 Å². The second-order valence-electron chi connectivity index (χ2n) is 3.29. The first-order valence-electron chi connectivity index (χ1n) is 4.20. The normalized spacial score (nSPS) is 19.6. The van der Waals surface area contributed by atoms with Gasteiger partial charge in [-0.1, -0.05) is 0 Å². The minimum Gasteiger partial charge on any atom is -0.324 e. The van der Waals surface area contributed by atoms with Gasteiger partial charge in [0.1, 0.15) is 0 Å². The molecule has 1 aromatic carbocycles. The number of fused-ring (bicyclic) bond motifs is 1. The van der Waals surface area contributed by atoms with Crippen molar-refractivity contribution in [1.82, 2.24) is 0 Å². The zero-order valence-electron chi connectivity index (χ0n) is 7.05. The van der Waals surface area contributed by atoms with E-state index in [1.165, 1.54) is 11.1 Å². The fourth-order valence-corrected chi connectivity index (χ4v) is 2.90. The average molecular weight is 284 g/mol. The summed E-state index contributed by atoms with van der Waals surface area (Å²) >= 11 is 2.26. The Hall–Kier alpha value is -0.600. The maximum Gasteiger partial charge on any atom is 0.0992 e. The molecule has 0 heterocycles. The molecule has 13 heavy (non-hydrogen) atoms. The fraction of sp³-hybridized carbons (Fsp3) is 0.300. The number of benzene rings is 1. The third-order valence-electron chi connectivity index (χ3n) is 2.44. The highest BCUT2D eigenvalue weighted by Crippen LogP contribution is 2.33. The first-order chi connectivity index (χ1) is 6.22. The molecular formula is C10H9IN2. The predicted octanol–water partition coefficient (Wildman–Crippen LogP) is 2.11. The average Bonchev–Trinajstić information content (AvgIpc) is 2.48. The number of nitrogens with zero attached hydrogens (tertiary/aromatic N) is 1. The molecular weight excluding hydrogens is 275 g/mol. The molecule has 3 heteroatoms. The highest BCUT2D eigenvalue weighted by Gasteiger charge is 2.21. The van der Waals surface area contributed by atoms with Crippen LogP contribution in [0.25, 0.3) is 0 Å². The Balaban J connectivity index is 2.61. The van der Waals surface area contributed by atoms with Crippen LogP contribution in [0.1, 0.15) is 29.2 Å². The van der Waals surface area contributed by atoms with E-state index < -0.39 is 0 Å². The Bertz CT molecular complexity index is 393. The van der Waals surface area contributed by atoms with Gasteiger partial charge >= 0.3 is 0 Å². The summed E-state index contributed by atoms with van der Waals surface area (Å²) in [4.78, 5) is 0. The van der Waals surface area contributed by atoms with Gasteiger partial charge in [0.15, 0.2) is 0 Å². The first kappa shape index (κ1) is 8.97. The summed E-state index contributed by atoms with van der Waals surface area (Å²) in [6.07, 6.45) is 2.03. The molecule has 1 aliphatic carbocycles. The van der Waals surface area contributed by atoms with E-state index in [0.29, 0.717) is 0 Å². The summed E-state index contributed by atoms with van der Waals surface area (Å²) in [6.45, 7) is 0. The molecule has 1 unspecified atom stereocenters. The van der Waals surface area contributed by atoms with E-state index in [0.717, 1.165) is 22.0 Å². The highest BCUT2D eigenvalue weighted by atomic mass is 127. The molecule has 0 radical (unpaired) electrons. The van der Waals surface area contributed by atoms with Crippen LogP contribution in [0.4, 0.5) is 0 Å². The van der Waals surface area contributed by atoms with E-state index in [9.17, 15) is 0 Å². The van der Waals surface area contributed by atoms with Crippen LogP contribution in [0.2, 0.25) is 0 Å². The van der Waals surface area contributed by atoms with Crippen molar-refractivity contribution >= 4 is 22.6 Å². The van der Waals surface area contributed by atoms with Crippen LogP contribution in [0, 0.1) is 14.9 Å². The Kier molecular flexibility index (Phi) is 2.26. The summed E-state index contributed by atoms with van der Waals surface area (Å²) in [7, 11) is 0. The van der Waals surface area contributed by atoms with Crippen LogP contribution in [-0.2, 0) is 6.42 Å². The number of hydrogen-bond acceptors (Lipinski definition) is 2. The molecule has 2 rings (SSSR count). The van der Waals surface area contributed by atoms with Gasteiger partial charge in [0.25, 0.3) is 0 Å². The smallest absolute Gasteiger partial charge is 0.0992 e. The van der Waals surface area contributed by atoms with Crippen LogP contribution in [-0.4, -0.2) is 0 Å². The molecule has 0 spiro atoms. The van der Waals surface area contributed by atoms with E-state index in [4.69, 9.17) is 11.0 Å². The number of halogens is 1. The third-order valence-corrected chi connectivity index (χ3v) is 3.33. The molecule has 0 bridgehead atoms. The van der Waals surface area contributed by atoms with Crippen molar-refractivity contribution in [1.29, 1.82) is 5.26 Å². The summed E-state index contributed by atoms with van der Waals surface area (Å²) < 4.78 is 1.14. The van der Waals surface area contributed by atoms with Crippen molar-refractivity contribution in [3.05, 3.63) is 32.4 Å². The van der Waals surface area contributed by atoms with Gasteiger partial charge in [-0.15, -0.1) is 0 Å². The molecule has 0 aromatic heterocycles. The van der Waals surface area contributed by atoms with Gasteiger partial charge in [0.05, 0.1) is 11.6 Å². The van der Waals surface area contributed by atoms with Gasteiger partial charge < -0.3 is 5.73 Å². The molecule has 0 saturated carbocycles. The van der Waals surface area contributed by atoms with E-state index in [1.807, 2.05) is 12.1 Å². The molecule has 1 aliphatic rings. The quantitative estimate of drug-likeness (QED) is 0.742. The predicted molar refractivity (Wildman–Crippen MR) is 59.1 cm³/mol. The maximum absolute atomic E-state index is 8.77. The van der Waals surface area contributed by atoms with Crippen molar-refractivity contribution < 1.29 is 0 Å². The lowest BCUT2D eigenvalue weighted by atomic mass is 10.1. The van der Waals surface area contributed by atoms with E-state index in [2.05, 4.69) is 28.7 Å². The molecule has 1 atom stereocenters. The molecule has 2 N–H and O–H groups in total. The SMILES string of the molecule is N#Cc1cc(I)c2c(c1)CCC2N. The second kappa shape index (κ2) is 3.28. The van der Waals surface area contributed by atoms with E-state index in [1.54, 1.807) is 0 Å². The monoisotopic (exact) mass is 284 g/mol. The number of aryl methyl sites for hydroxylation is 1. The molecule has 0 saturated heterocycles. The van der Waals surface area contributed by atoms with Crippen LogP contribution >= 0.6 is 22.6 Å². The lowest BCUT2D eigenvalue weighted by Gasteiger charge is -2.07. The molecule has 1 aromatic rings. The van der Waals surface area contributed by atoms with Gasteiger partial charge in [-0.05, 0) is 58.7 Å². The Morgan fingerprint density at radius 3 is 3.00 bits per heavy atom. The lowest BCUT2D eigenvalue weighted by Crippen LogP contribution is -2.07. The van der Waals surface area contributed by atoms with Crippen LogP contribution in [0.5, 0.6) is 0 Å². The van der Waals surface area contributed by atoms with Gasteiger partial charge in [-0.2, -0.15) is 5.26 Å². The van der Waals surface area contributed by atoms with Crippen LogP contribution in [0.15, 0.2) is 12.1 Å². The van der Waals surface area contributed by atoms with Crippen molar-refractivity contribution in [2.75, 3.05) is 0 Å². The summed E-state index contributed by atoms with van der Waals surface area (Å²) in [6, 6.07) is 6.21. The Morgan fingerprint density at radius 1 is 1.54 bits per heavy atom. The zero-order valence-corrected chi connectivity index (χ0v) is 9.21. The fourth-order valence-electron chi connectivity index (χ4n) is 1.82. The van der Waals surface area contributed by atoms with Gasteiger partial charge in [-0.3, -0.25) is 0 Å². The second-order valence-corrected chi connectivity index (χ2v) is 4.45. The van der Waals surface area contributed by atoms with E-state index in [-0.39, 0.29) is 6.04 Å². The van der Waals surface area contributed by atoms with Crippen molar-refractivity contribution in [3.63, 3.8) is 0 Å². The number of rotatable bonds is 0. The number of nitriles is 1. The Labute approximate surface area is 90.9 Å². The summed E-state index contributed by atoms with van der Waals surface area (Å²) in [5.41, 5.74) is 9.21. The highest BCUT2D eigenvalue weighted by molar-refractivity contribution is 14.1. The maximum atomic E-state index is 8.77. The largest absolute Gasteiger partial charge is 0.324 e. The lowest BCUT2D eigenvalue weighted by molar-refractivity contribution is 0.711. The standard InChI is InChI=1S/C10H9IN2/c11-8-4-6(5-12)3-7-1-2-9(13)10(7)8/h3-4,9H,1-2,13H2. The minimum atomic E-state index is 0.176.